The maximum atomic E-state index is 12.4. The van der Waals surface area contributed by atoms with Crippen molar-refractivity contribution in [2.24, 2.45) is 5.92 Å². The second kappa shape index (κ2) is 58.9. The molecule has 0 spiro atoms. The van der Waals surface area contributed by atoms with E-state index in [9.17, 15) is 52.7 Å². The number of carbonyl (C=O) groups excluding carboxylic acids is 1. The fourth-order valence-corrected chi connectivity index (χ4v) is 13.8. The van der Waals surface area contributed by atoms with Crippen LogP contribution >= 0.6 is 34.4 Å². The Morgan fingerprint density at radius 2 is 0.848 bits per heavy atom. The molecule has 2 aliphatic carbocycles. The number of nitrogens with zero attached hydrogens (tertiary/aromatic N) is 1. The largest absolute Gasteiger partial charge is 0.477 e. The first kappa shape index (κ1) is 111. The van der Waals surface area contributed by atoms with Crippen LogP contribution in [-0.4, -0.2) is 188 Å². The van der Waals surface area contributed by atoms with Crippen molar-refractivity contribution in [3.8, 4) is 11.1 Å². The number of carboxylic acid groups (broad SMARTS) is 10. The number of thioether (sulfide) groups is 1. The van der Waals surface area contributed by atoms with Gasteiger partial charge in [-0.15, -0.1) is 0 Å². The van der Waals surface area contributed by atoms with E-state index in [4.69, 9.17) is 51.1 Å². The van der Waals surface area contributed by atoms with Gasteiger partial charge in [-0.3, -0.25) is 4.79 Å². The van der Waals surface area contributed by atoms with Gasteiger partial charge in [-0.1, -0.05) is 279 Å². The summed E-state index contributed by atoms with van der Waals surface area (Å²) in [7, 11) is 0. The lowest BCUT2D eigenvalue weighted by Crippen LogP contribution is -2.68. The lowest BCUT2D eigenvalue weighted by molar-refractivity contribution is -0.514. The van der Waals surface area contributed by atoms with Gasteiger partial charge in [-0.25, -0.2) is 52.5 Å². The maximum absolute atomic E-state index is 12.4. The lowest BCUT2D eigenvalue weighted by Gasteiger charge is -2.09. The summed E-state index contributed by atoms with van der Waals surface area (Å²) in [6, 6.07) is 75.7. The molecule has 0 amide bonds. The van der Waals surface area contributed by atoms with Crippen LogP contribution in [0, 0.1) is 16.4 Å². The number of hydrogen-bond donors (Lipinski definition) is 19. The highest BCUT2D eigenvalue weighted by Crippen LogP contribution is 2.28. The van der Waals surface area contributed by atoms with Crippen LogP contribution in [0.4, 0.5) is 5.69 Å². The van der Waals surface area contributed by atoms with E-state index < -0.39 is 108 Å². The van der Waals surface area contributed by atoms with E-state index >= 15 is 0 Å². The Morgan fingerprint density at radius 3 is 1.27 bits per heavy atom. The van der Waals surface area contributed by atoms with Crippen molar-refractivity contribution in [2.75, 3.05) is 11.6 Å². The van der Waals surface area contributed by atoms with Crippen molar-refractivity contribution in [2.45, 2.75) is 126 Å². The minimum absolute atomic E-state index is 0.00200. The predicted molar refractivity (Wildman–Crippen MR) is 506 cm³/mol. The van der Waals surface area contributed by atoms with E-state index in [0.29, 0.717) is 67.5 Å². The predicted octanol–water partition coefficient (Wildman–Crippen LogP) is 4.55. The topological polar surface area (TPSA) is 642 Å². The second-order valence-electron chi connectivity index (χ2n) is 30.8. The van der Waals surface area contributed by atoms with Crippen LogP contribution in [0.25, 0.3) is 21.9 Å². The van der Waals surface area contributed by atoms with Crippen molar-refractivity contribution >= 4 is 123 Å². The molecule has 10 aromatic carbocycles. The zero-order valence-electron chi connectivity index (χ0n) is 73.9. The second-order valence-corrected chi connectivity index (χ2v) is 33.1. The van der Waals surface area contributed by atoms with E-state index in [1.807, 2.05) is 189 Å². The number of carboxylic acids is 10. The lowest BCUT2D eigenvalue weighted by atomic mass is 9.98. The molecule has 698 valence electrons. The van der Waals surface area contributed by atoms with Gasteiger partial charge in [-0.2, -0.15) is 0 Å². The number of fused-ring (bicyclic) bond motifs is 2. The SMILES string of the molecule is C=[N+]1CSCC1C(=O)O.CCC([NH3+])C(=O)O.Cc1ccc(CC([NH3+])C(=O)O)cc1.[NH3+]C(C(=O)O)c1ccccc1.[NH3+]C(CC1=CC=C(C(=O)c2ccccc2)CC=C1)C(=O)O.[NH3+]C(Cc1ccc(-c2ccccc2)cc1)C(=O)O.[NH3+]C(Cc1ccc(I)cc1)C(=O)O.[NH3+][C@@H](Cc1ccc2ccccc2c1)C(=O)O.[NH3+][C@H](C(=O)O)C1Cc2ccccc2C1.[NH3+]c1ccccc1C(=O)O. The van der Waals surface area contributed by atoms with Crippen LogP contribution in [0.5, 0.6) is 0 Å². The van der Waals surface area contributed by atoms with Crippen molar-refractivity contribution in [1.82, 2.24) is 0 Å². The fraction of sp³-hybridized carbons (Fsp3) is 0.232. The van der Waals surface area contributed by atoms with E-state index in [-0.39, 0.29) is 23.3 Å². The molecule has 1 fully saturated rings. The van der Waals surface area contributed by atoms with Gasteiger partial charge < -0.3 is 103 Å². The number of allylic oxidation sites excluding steroid dienone is 5. The van der Waals surface area contributed by atoms with Gasteiger partial charge in [0, 0.05) is 64.7 Å². The molecule has 7 unspecified atom stereocenters. The van der Waals surface area contributed by atoms with Crippen LogP contribution in [0.1, 0.15) is 97.5 Å². The van der Waals surface area contributed by atoms with Gasteiger partial charge in [0.05, 0.1) is 5.75 Å². The Balaban J connectivity index is 0.000000311. The smallest absolute Gasteiger partial charge is 0.373 e. The highest BCUT2D eigenvalue weighted by molar-refractivity contribution is 14.1. The molecule has 1 aliphatic heterocycles. The van der Waals surface area contributed by atoms with Gasteiger partial charge in [0.2, 0.25) is 6.04 Å². The van der Waals surface area contributed by atoms with E-state index in [0.717, 1.165) is 72.2 Å². The number of carbonyl (C=O) groups is 11. The normalized spacial score (nSPS) is 14.3. The summed E-state index contributed by atoms with van der Waals surface area (Å²) >= 11 is 3.81. The molecule has 37 N–H and O–H groups in total. The fourth-order valence-electron chi connectivity index (χ4n) is 12.3. The summed E-state index contributed by atoms with van der Waals surface area (Å²) in [6.07, 6.45) is 12.5. The molecule has 33 heteroatoms. The van der Waals surface area contributed by atoms with Gasteiger partial charge in [0.1, 0.15) is 18.0 Å². The molecule has 3 aliphatic rings. The summed E-state index contributed by atoms with van der Waals surface area (Å²) in [5.74, 6) is -6.95. The molecule has 1 saturated heterocycles. The average molecular weight is 1950 g/mol. The summed E-state index contributed by atoms with van der Waals surface area (Å²) in [5.41, 5.74) is 45.9. The van der Waals surface area contributed by atoms with Crippen LogP contribution in [-0.2, 0) is 81.7 Å². The first-order chi connectivity index (χ1) is 62.6. The first-order valence-corrected chi connectivity index (χ1v) is 44.0. The molecular formula is C99H123IN10O21S+10. The van der Waals surface area contributed by atoms with Gasteiger partial charge in [0.25, 0.3) is 6.04 Å². The highest BCUT2D eigenvalue weighted by atomic mass is 127. The number of ketones is 1. The number of benzene rings is 10. The summed E-state index contributed by atoms with van der Waals surface area (Å²) in [4.78, 5) is 117. The number of quaternary nitrogens is 9. The van der Waals surface area contributed by atoms with Gasteiger partial charge in [0.15, 0.2) is 54.0 Å². The third-order valence-electron chi connectivity index (χ3n) is 20.4. The molecule has 31 nitrogen and oxygen atoms in total. The number of aromatic carboxylic acids is 1. The molecule has 0 saturated carbocycles. The summed E-state index contributed by atoms with van der Waals surface area (Å²) in [5, 5.41) is 88.6. The van der Waals surface area contributed by atoms with Crippen molar-refractivity contribution < 1.29 is 160 Å². The third kappa shape index (κ3) is 41.5. The third-order valence-corrected chi connectivity index (χ3v) is 22.2. The number of halogens is 1. The highest BCUT2D eigenvalue weighted by Gasteiger charge is 2.34. The van der Waals surface area contributed by atoms with Gasteiger partial charge >= 0.3 is 59.7 Å². The number of Topliss-reactive ketones (excluding diaryl/α,β-unsaturated/α-hetero) is 1. The zero-order chi connectivity index (χ0) is 98.1. The molecule has 0 aromatic heterocycles. The summed E-state index contributed by atoms with van der Waals surface area (Å²) < 4.78 is 2.74. The number of aryl methyl sites for hydroxylation is 1. The Kier molecular flexibility index (Phi) is 49.4. The molecule has 0 radical (unpaired) electrons. The molecule has 10 aromatic rings. The van der Waals surface area contributed by atoms with E-state index in [1.54, 1.807) is 90.0 Å². The first-order valence-electron chi connectivity index (χ1n) is 41.8. The molecule has 9 atom stereocenters. The monoisotopic (exact) mass is 1950 g/mol. The van der Waals surface area contributed by atoms with Crippen molar-refractivity contribution in [1.29, 1.82) is 0 Å². The van der Waals surface area contributed by atoms with E-state index in [2.05, 4.69) is 105 Å². The van der Waals surface area contributed by atoms with Crippen molar-refractivity contribution in [3.63, 3.8) is 0 Å². The Bertz CT molecular complexity index is 5440. The molecule has 0 bridgehead atoms. The number of hydrogen-bond acceptors (Lipinski definition) is 12. The average Bonchev–Trinajstić information content (AvgIpc) is 1.65. The Morgan fingerprint density at radius 1 is 0.439 bits per heavy atom. The number of rotatable bonds is 26. The van der Waals surface area contributed by atoms with Crippen LogP contribution < -0.4 is 51.6 Å². The molecule has 1 heterocycles. The van der Waals surface area contributed by atoms with E-state index in [1.165, 1.54) is 28.1 Å². The molecular weight excluding hydrogens is 1820 g/mol. The molecule has 132 heavy (non-hydrogen) atoms. The zero-order valence-corrected chi connectivity index (χ0v) is 76.9. The Hall–Kier alpha value is -13.6. The number of aliphatic carboxylic acids is 9. The maximum Gasteiger partial charge on any atom is 0.373 e. The van der Waals surface area contributed by atoms with Crippen LogP contribution in [0.3, 0.4) is 0 Å². The minimum Gasteiger partial charge on any atom is -0.477 e. The quantitative estimate of drug-likeness (QED) is 0.0201. The standard InChI is InChI=1S/C17H17NO3.C15H15NO2.C13H13NO2.C11H13NO2.C10H13NO2.C9H10INO2.C8H9NO2.C7H7NO2.C5H7NO2S.C4H9NO2/c18-15(17(20)21)11-12-5-4-8-14(10-9-12)16(19)13-6-2-1-3-7-13;16-14(15(17)18)10-11-6-8-13(9-7-11)12-4-2-1-3-5-12;14-12(13(15)16)8-9-5-6-10-3-1-2-4-11(10)7-9;12-10(11(13)14)9-5-7-3-1-2-4-8(7)6-9;1-7-2-4-8(5-3-7)6-9(11)10(12)13;10-7-3-1-6(2-4-7)5-8(11)9(12)13;9-7(8(10)11)6-4-2-1-3-5-6;8-6-4-2-1-3-5(6)7(9)10;1-6-3-9-2-4(6)5(7)8;1-2-3(5)4(6)7/h1-7,9-10,15H,8,11,18H2,(H,20,21);1-9,14H,10,16H2,(H,17,18);1-7,12H,8,14H2,(H,15,16);1-4,9-10H,5-6,12H2,(H,13,14);2-5,9H,6,11H2,1H3,(H,12,13);1-4,8H,5,11H2,(H,12,13);1-5,7H,9H2,(H,10,11);1-4H,8H2,(H,9,10);4H,1-3H2;3H,2,5H2,1H3,(H,6,7)/p+10/t;;12-;10-;;;;;;/m..00....../s1. The Labute approximate surface area is 782 Å². The van der Waals surface area contributed by atoms with Crippen LogP contribution in [0.15, 0.2) is 290 Å². The minimum atomic E-state index is -0.925. The molecule has 13 rings (SSSR count). The van der Waals surface area contributed by atoms with Crippen molar-refractivity contribution in [3.05, 3.63) is 349 Å². The summed E-state index contributed by atoms with van der Waals surface area (Å²) in [6.45, 7) is 7.37. The van der Waals surface area contributed by atoms with Gasteiger partial charge in [-0.05, 0) is 134 Å². The van der Waals surface area contributed by atoms with Crippen LogP contribution in [0.2, 0.25) is 0 Å².